The van der Waals surface area contributed by atoms with Gasteiger partial charge in [0, 0.05) is 18.6 Å². The number of halogens is 3. The molecular weight excluding hydrogens is 439 g/mol. The Kier molecular flexibility index (Phi) is 6.13. The highest BCUT2D eigenvalue weighted by Crippen LogP contribution is 2.34. The van der Waals surface area contributed by atoms with Crippen molar-refractivity contribution < 1.29 is 22.7 Å². The molecule has 11 heteroatoms. The number of nitrogens with one attached hydrogen (secondary N) is 2. The number of fused-ring (bicyclic) bond motifs is 1. The van der Waals surface area contributed by atoms with Gasteiger partial charge in [-0.1, -0.05) is 12.2 Å². The van der Waals surface area contributed by atoms with Crippen molar-refractivity contribution in [2.24, 2.45) is 5.92 Å². The van der Waals surface area contributed by atoms with Crippen molar-refractivity contribution in [1.82, 2.24) is 19.9 Å². The predicted octanol–water partition coefficient (Wildman–Crippen LogP) is 3.10. The Bertz CT molecular complexity index is 1200. The number of aryl methyl sites for hydroxylation is 1. The molecule has 1 aliphatic carbocycles. The first-order chi connectivity index (χ1) is 15.6. The second kappa shape index (κ2) is 8.87. The molecule has 2 N–H and O–H groups in total. The summed E-state index contributed by atoms with van der Waals surface area (Å²) in [6.07, 6.45) is -0.139. The molecule has 1 amide bonds. The lowest BCUT2D eigenvalue weighted by Crippen LogP contribution is -2.55. The fourth-order valence-corrected chi connectivity index (χ4v) is 3.91. The molecule has 1 fully saturated rings. The van der Waals surface area contributed by atoms with Gasteiger partial charge in [-0.3, -0.25) is 9.59 Å². The van der Waals surface area contributed by atoms with Gasteiger partial charge in [0.05, 0.1) is 30.4 Å². The lowest BCUT2D eigenvalue weighted by atomic mass is 9.92. The smallest absolute Gasteiger partial charge is 0.291 e. The van der Waals surface area contributed by atoms with Crippen molar-refractivity contribution >= 4 is 22.8 Å². The number of alkyl halides is 2. The number of hydrogen-bond donors (Lipinski definition) is 2. The van der Waals surface area contributed by atoms with Crippen LogP contribution in [0.2, 0.25) is 0 Å². The third kappa shape index (κ3) is 4.57. The van der Waals surface area contributed by atoms with Crippen LogP contribution in [0.25, 0.3) is 11.0 Å². The fourth-order valence-electron chi connectivity index (χ4n) is 3.91. The van der Waals surface area contributed by atoms with Crippen LogP contribution in [0, 0.1) is 12.8 Å². The molecule has 0 saturated carbocycles. The zero-order chi connectivity index (χ0) is 23.9. The summed E-state index contributed by atoms with van der Waals surface area (Å²) >= 11 is 0. The Morgan fingerprint density at radius 2 is 2.06 bits per heavy atom. The Labute approximate surface area is 187 Å². The first-order valence-corrected chi connectivity index (χ1v) is 10.6. The molecular formula is C22H24F3N5O3. The molecule has 0 spiro atoms. The highest BCUT2D eigenvalue weighted by atomic mass is 19.3. The van der Waals surface area contributed by atoms with Gasteiger partial charge in [-0.25, -0.2) is 23.1 Å². The first kappa shape index (κ1) is 22.8. The minimum Gasteiger partial charge on any atom is -0.481 e. The average molecular weight is 463 g/mol. The minimum atomic E-state index is -2.80. The van der Waals surface area contributed by atoms with Crippen LogP contribution in [0.4, 0.5) is 19.0 Å². The minimum absolute atomic E-state index is 0.0413. The fraction of sp³-hybridized carbons (Fsp3) is 0.455. The molecule has 8 nitrogen and oxygen atoms in total. The largest absolute Gasteiger partial charge is 0.481 e. The van der Waals surface area contributed by atoms with Gasteiger partial charge in [0.2, 0.25) is 12.3 Å². The van der Waals surface area contributed by atoms with Crippen molar-refractivity contribution in [2.75, 3.05) is 18.4 Å². The number of carbonyl (C=O) groups excluding carboxylic acids is 1. The highest BCUT2D eigenvalue weighted by molar-refractivity contribution is 5.87. The van der Waals surface area contributed by atoms with E-state index < -0.39 is 29.8 Å². The van der Waals surface area contributed by atoms with Crippen LogP contribution in [0.1, 0.15) is 26.1 Å². The molecule has 4 rings (SSSR count). The predicted molar refractivity (Wildman–Crippen MR) is 116 cm³/mol. The number of likely N-dealkylation sites (tertiary alicyclic amines) is 1. The maximum Gasteiger partial charge on any atom is 0.291 e. The number of pyridine rings is 1. The molecule has 2 aliphatic rings. The first-order valence-electron chi connectivity index (χ1n) is 10.6. The van der Waals surface area contributed by atoms with Crippen molar-refractivity contribution in [3.05, 3.63) is 45.8 Å². The van der Waals surface area contributed by atoms with E-state index in [4.69, 9.17) is 4.74 Å². The second-order valence-electron chi connectivity index (χ2n) is 8.26. The Morgan fingerprint density at radius 1 is 1.33 bits per heavy atom. The number of amides is 1. The van der Waals surface area contributed by atoms with Crippen LogP contribution in [0.15, 0.2) is 34.4 Å². The number of carbonyl (C=O) groups is 1. The summed E-state index contributed by atoms with van der Waals surface area (Å²) in [6.45, 7) is 5.50. The number of ether oxygens (including phenoxy) is 1. The molecule has 0 bridgehead atoms. The van der Waals surface area contributed by atoms with E-state index in [1.54, 1.807) is 18.7 Å². The number of aromatic amines is 1. The molecule has 3 heterocycles. The summed E-state index contributed by atoms with van der Waals surface area (Å²) in [5, 5.41) is 3.49. The number of hydrogen-bond acceptors (Lipinski definition) is 6. The van der Waals surface area contributed by atoms with E-state index in [2.05, 4.69) is 20.3 Å². The second-order valence-corrected chi connectivity index (χ2v) is 8.26. The van der Waals surface area contributed by atoms with E-state index in [9.17, 15) is 22.8 Å². The Balaban J connectivity index is 1.63. The maximum absolute atomic E-state index is 14.7. The van der Waals surface area contributed by atoms with E-state index in [0.29, 0.717) is 30.1 Å². The van der Waals surface area contributed by atoms with Crippen LogP contribution in [-0.2, 0) is 4.79 Å². The summed E-state index contributed by atoms with van der Waals surface area (Å²) in [5.74, 6) is -1.68. The third-order valence-electron chi connectivity index (χ3n) is 5.79. The quantitative estimate of drug-likeness (QED) is 0.683. The van der Waals surface area contributed by atoms with Crippen molar-refractivity contribution in [2.45, 2.75) is 45.8 Å². The number of allylic oxidation sites excluding steroid dienone is 2. The Hall–Kier alpha value is -3.37. The van der Waals surface area contributed by atoms with Gasteiger partial charge in [-0.15, -0.1) is 0 Å². The van der Waals surface area contributed by atoms with Crippen LogP contribution < -0.4 is 15.6 Å². The van der Waals surface area contributed by atoms with Gasteiger partial charge < -0.3 is 19.9 Å². The van der Waals surface area contributed by atoms with Gasteiger partial charge in [0.15, 0.2) is 5.75 Å². The standard InChI is InChI=1S/C22H24F3N5O3/c1-10(14-5-4-6-15(18(14)23)19(24)25)26-20-16-7-17(33-13-8-30(9-13)12(3)31)22(32)29-21(16)28-11(2)27-20/h4-5,7,10,13,15,19H,6,8-9H2,1-3H3,(H2,26,27,28,29,32)/t10-,15?/m1/s1. The molecule has 1 unspecified atom stereocenters. The van der Waals surface area contributed by atoms with Gasteiger partial charge in [-0.2, -0.15) is 0 Å². The number of anilines is 1. The summed E-state index contributed by atoms with van der Waals surface area (Å²) in [6, 6.07) is 0.815. The van der Waals surface area contributed by atoms with Crippen LogP contribution in [0.3, 0.4) is 0 Å². The Morgan fingerprint density at radius 3 is 2.73 bits per heavy atom. The molecule has 2 aromatic rings. The lowest BCUT2D eigenvalue weighted by Gasteiger charge is -2.38. The summed E-state index contributed by atoms with van der Waals surface area (Å²) < 4.78 is 46.8. The monoisotopic (exact) mass is 463 g/mol. The molecule has 0 radical (unpaired) electrons. The average Bonchev–Trinajstić information content (AvgIpc) is 2.70. The highest BCUT2D eigenvalue weighted by Gasteiger charge is 2.32. The van der Waals surface area contributed by atoms with E-state index in [1.165, 1.54) is 25.1 Å². The molecule has 2 aromatic heterocycles. The normalized spacial score (nSPS) is 19.7. The van der Waals surface area contributed by atoms with Gasteiger partial charge in [-0.05, 0) is 20.3 Å². The summed E-state index contributed by atoms with van der Waals surface area (Å²) in [7, 11) is 0. The number of aromatic nitrogens is 3. The van der Waals surface area contributed by atoms with E-state index >= 15 is 0 Å². The molecule has 2 atom stereocenters. The van der Waals surface area contributed by atoms with Crippen molar-refractivity contribution in [3.63, 3.8) is 0 Å². The van der Waals surface area contributed by atoms with Crippen molar-refractivity contribution in [3.8, 4) is 5.75 Å². The van der Waals surface area contributed by atoms with Crippen LogP contribution in [-0.4, -0.2) is 57.4 Å². The van der Waals surface area contributed by atoms with E-state index in [-0.39, 0.29) is 35.4 Å². The number of nitrogens with zero attached hydrogens (tertiary/aromatic N) is 3. The van der Waals surface area contributed by atoms with Gasteiger partial charge in [0.25, 0.3) is 5.56 Å². The zero-order valence-corrected chi connectivity index (χ0v) is 18.4. The third-order valence-corrected chi connectivity index (χ3v) is 5.79. The number of H-pyrrole nitrogens is 1. The summed E-state index contributed by atoms with van der Waals surface area (Å²) in [4.78, 5) is 36.7. The van der Waals surface area contributed by atoms with Crippen molar-refractivity contribution in [1.29, 1.82) is 0 Å². The number of rotatable bonds is 6. The lowest BCUT2D eigenvalue weighted by molar-refractivity contribution is -0.137. The van der Waals surface area contributed by atoms with E-state index in [0.717, 1.165) is 0 Å². The molecule has 0 aromatic carbocycles. The van der Waals surface area contributed by atoms with Gasteiger partial charge >= 0.3 is 0 Å². The molecule has 33 heavy (non-hydrogen) atoms. The topological polar surface area (TPSA) is 100 Å². The maximum atomic E-state index is 14.7. The summed E-state index contributed by atoms with van der Waals surface area (Å²) in [5.41, 5.74) is -0.104. The molecule has 176 valence electrons. The van der Waals surface area contributed by atoms with Crippen LogP contribution in [0.5, 0.6) is 5.75 Å². The zero-order valence-electron chi connectivity index (χ0n) is 18.4. The van der Waals surface area contributed by atoms with Gasteiger partial charge in [0.1, 0.15) is 29.2 Å². The van der Waals surface area contributed by atoms with Crippen LogP contribution >= 0.6 is 0 Å². The molecule has 1 saturated heterocycles. The molecule has 1 aliphatic heterocycles. The van der Waals surface area contributed by atoms with E-state index in [1.807, 2.05) is 0 Å². The SMILES string of the molecule is CC(=O)N1CC(Oc2cc3c(N[C@H](C)C4=C(F)C(C(F)F)CC=C4)nc(C)nc3[nH]c2=O)C1.